The lowest BCUT2D eigenvalue weighted by molar-refractivity contribution is 0.0950. The molecule has 1 saturated carbocycles. The lowest BCUT2D eigenvalue weighted by Crippen LogP contribution is -2.26. The van der Waals surface area contributed by atoms with E-state index in [1.54, 1.807) is 29.9 Å². The Kier molecular flexibility index (Phi) is 5.20. The highest BCUT2D eigenvalue weighted by Crippen LogP contribution is 2.31. The molecule has 0 unspecified atom stereocenters. The van der Waals surface area contributed by atoms with E-state index in [0.29, 0.717) is 28.9 Å². The third-order valence-electron chi connectivity index (χ3n) is 5.76. The molecule has 0 saturated heterocycles. The monoisotopic (exact) mass is 445 g/mol. The maximum absolute atomic E-state index is 13.7. The molecule has 0 spiro atoms. The maximum Gasteiger partial charge on any atom is 0.251 e. The fourth-order valence-electron chi connectivity index (χ4n) is 3.74. The molecule has 1 amide bonds. The van der Waals surface area contributed by atoms with Gasteiger partial charge in [-0.15, -0.1) is 5.10 Å². The van der Waals surface area contributed by atoms with Crippen molar-refractivity contribution >= 4 is 17.2 Å². The normalized spacial score (nSPS) is 13.2. The van der Waals surface area contributed by atoms with E-state index in [2.05, 4.69) is 20.7 Å². The highest BCUT2D eigenvalue weighted by Gasteiger charge is 2.24. The first-order valence-electron chi connectivity index (χ1n) is 10.9. The Balaban J connectivity index is 1.53. The van der Waals surface area contributed by atoms with Gasteiger partial charge in [0.05, 0.1) is 17.6 Å². The minimum absolute atomic E-state index is 0.0450. The summed E-state index contributed by atoms with van der Waals surface area (Å²) in [6.45, 7) is 3.76. The van der Waals surface area contributed by atoms with Gasteiger partial charge in [0.2, 0.25) is 5.88 Å². The summed E-state index contributed by atoms with van der Waals surface area (Å²) in [6, 6.07) is 12.1. The number of amides is 1. The van der Waals surface area contributed by atoms with Crippen molar-refractivity contribution in [2.45, 2.75) is 32.7 Å². The van der Waals surface area contributed by atoms with Crippen molar-refractivity contribution in [3.63, 3.8) is 0 Å². The summed E-state index contributed by atoms with van der Waals surface area (Å²) in [5.74, 6) is 0.274. The first-order valence-corrected chi connectivity index (χ1v) is 10.9. The van der Waals surface area contributed by atoms with Gasteiger partial charge in [0.25, 0.3) is 5.91 Å². The van der Waals surface area contributed by atoms with Crippen LogP contribution in [0.2, 0.25) is 0 Å². The van der Waals surface area contributed by atoms with Gasteiger partial charge in [0.15, 0.2) is 5.65 Å². The number of imidazole rings is 1. The summed E-state index contributed by atoms with van der Waals surface area (Å²) < 4.78 is 21.3. The van der Waals surface area contributed by atoms with Crippen LogP contribution >= 0.6 is 0 Å². The molecule has 2 N–H and O–H groups in total. The number of aryl methyl sites for hydroxylation is 2. The van der Waals surface area contributed by atoms with Crippen LogP contribution in [-0.2, 0) is 0 Å². The largest absolute Gasteiger partial charge is 0.437 e. The van der Waals surface area contributed by atoms with E-state index >= 15 is 0 Å². The molecule has 33 heavy (non-hydrogen) atoms. The molecule has 1 aliphatic carbocycles. The fourth-order valence-corrected chi connectivity index (χ4v) is 3.74. The van der Waals surface area contributed by atoms with Gasteiger partial charge in [-0.3, -0.25) is 4.79 Å². The summed E-state index contributed by atoms with van der Waals surface area (Å²) in [5, 5.41) is 10.8. The second-order valence-electron chi connectivity index (χ2n) is 8.31. The van der Waals surface area contributed by atoms with Crippen LogP contribution in [0.1, 0.15) is 34.3 Å². The molecule has 1 aliphatic rings. The van der Waals surface area contributed by atoms with Gasteiger partial charge in [-0.25, -0.2) is 13.9 Å². The van der Waals surface area contributed by atoms with Gasteiger partial charge < -0.3 is 15.4 Å². The van der Waals surface area contributed by atoms with E-state index in [1.807, 2.05) is 32.0 Å². The average Bonchev–Trinajstić information content (AvgIpc) is 3.50. The molecule has 7 nitrogen and oxygen atoms in total. The average molecular weight is 445 g/mol. The number of carbonyl (C=O) groups is 1. The van der Waals surface area contributed by atoms with Gasteiger partial charge in [-0.1, -0.05) is 12.1 Å². The molecule has 2 aromatic heterocycles. The van der Waals surface area contributed by atoms with Crippen LogP contribution < -0.4 is 15.4 Å². The molecular formula is C25H24FN5O2. The minimum Gasteiger partial charge on any atom is -0.437 e. The van der Waals surface area contributed by atoms with Crippen molar-refractivity contribution in [1.82, 2.24) is 19.9 Å². The zero-order chi connectivity index (χ0) is 23.1. The number of aromatic nitrogens is 3. The first kappa shape index (κ1) is 20.9. The molecular weight excluding hydrogens is 421 g/mol. The highest BCUT2D eigenvalue weighted by atomic mass is 19.1. The highest BCUT2D eigenvalue weighted by molar-refractivity contribution is 5.96. The first-order chi connectivity index (χ1) is 15.9. The summed E-state index contributed by atoms with van der Waals surface area (Å²) >= 11 is 0. The standard InChI is InChI=1S/C25H24FN5O2/c1-14-4-6-17(26)11-22(14)33-23-12-20(27-3)24-28-13-21(31(24)30-23)16-5-9-19(15(2)10-16)25(32)29-18-7-8-18/h4-6,9-13,18,27H,7-8H2,1-3H3,(H,29,32). The van der Waals surface area contributed by atoms with E-state index in [0.717, 1.165) is 40.9 Å². The Morgan fingerprint density at radius 1 is 1.12 bits per heavy atom. The van der Waals surface area contributed by atoms with E-state index in [9.17, 15) is 9.18 Å². The van der Waals surface area contributed by atoms with Crippen molar-refractivity contribution < 1.29 is 13.9 Å². The number of hydrogen-bond acceptors (Lipinski definition) is 5. The summed E-state index contributed by atoms with van der Waals surface area (Å²) in [4.78, 5) is 17.0. The van der Waals surface area contributed by atoms with Crippen LogP contribution in [0, 0.1) is 19.7 Å². The van der Waals surface area contributed by atoms with Crippen LogP contribution in [0.25, 0.3) is 16.9 Å². The Hall–Kier alpha value is -3.94. The number of anilines is 1. The maximum atomic E-state index is 13.7. The topological polar surface area (TPSA) is 80.5 Å². The van der Waals surface area contributed by atoms with Crippen LogP contribution in [0.4, 0.5) is 10.1 Å². The van der Waals surface area contributed by atoms with Gasteiger partial charge in [0, 0.05) is 36.3 Å². The Bertz CT molecular complexity index is 1380. The van der Waals surface area contributed by atoms with E-state index in [-0.39, 0.29) is 11.7 Å². The quantitative estimate of drug-likeness (QED) is 0.442. The molecule has 8 heteroatoms. The molecule has 2 heterocycles. The second-order valence-corrected chi connectivity index (χ2v) is 8.31. The fraction of sp³-hybridized carbons (Fsp3) is 0.240. The molecule has 0 aliphatic heterocycles. The molecule has 4 aromatic rings. The van der Waals surface area contributed by atoms with Gasteiger partial charge in [-0.05, 0) is 56.0 Å². The zero-order valence-electron chi connectivity index (χ0n) is 18.6. The Morgan fingerprint density at radius 3 is 2.67 bits per heavy atom. The molecule has 0 atom stereocenters. The second kappa shape index (κ2) is 8.20. The number of halogens is 1. The summed E-state index contributed by atoms with van der Waals surface area (Å²) in [6.07, 6.45) is 3.83. The van der Waals surface area contributed by atoms with Crippen molar-refractivity contribution in [2.75, 3.05) is 12.4 Å². The van der Waals surface area contributed by atoms with Crippen LogP contribution in [0.15, 0.2) is 48.7 Å². The Morgan fingerprint density at radius 2 is 1.94 bits per heavy atom. The van der Waals surface area contributed by atoms with Gasteiger partial charge >= 0.3 is 0 Å². The number of hydrogen-bond donors (Lipinski definition) is 2. The number of nitrogens with zero attached hydrogens (tertiary/aromatic N) is 3. The lowest BCUT2D eigenvalue weighted by Gasteiger charge is -2.12. The van der Waals surface area contributed by atoms with Crippen molar-refractivity contribution in [2.24, 2.45) is 0 Å². The van der Waals surface area contributed by atoms with Gasteiger partial charge in [0.1, 0.15) is 11.6 Å². The molecule has 168 valence electrons. The SMILES string of the molecule is CNc1cc(Oc2cc(F)ccc2C)nn2c(-c3ccc(C(=O)NC4CC4)c(C)c3)cnc12. The number of nitrogens with one attached hydrogen (secondary N) is 2. The third-order valence-corrected chi connectivity index (χ3v) is 5.76. The summed E-state index contributed by atoms with van der Waals surface area (Å²) in [5.41, 5.74) is 5.30. The number of ether oxygens (including phenoxy) is 1. The van der Waals surface area contributed by atoms with Gasteiger partial charge in [-0.2, -0.15) is 0 Å². The molecule has 0 bridgehead atoms. The number of benzene rings is 2. The Labute approximate surface area is 190 Å². The van der Waals surface area contributed by atoms with E-state index in [1.165, 1.54) is 12.1 Å². The van der Waals surface area contributed by atoms with Crippen LogP contribution in [-0.4, -0.2) is 33.6 Å². The lowest BCUT2D eigenvalue weighted by atomic mass is 10.0. The predicted molar refractivity (Wildman–Crippen MR) is 124 cm³/mol. The number of carbonyl (C=O) groups excluding carboxylic acids is 1. The molecule has 5 rings (SSSR count). The van der Waals surface area contributed by atoms with Crippen LogP contribution in [0.5, 0.6) is 11.6 Å². The zero-order valence-corrected chi connectivity index (χ0v) is 18.6. The summed E-state index contributed by atoms with van der Waals surface area (Å²) in [7, 11) is 1.79. The minimum atomic E-state index is -0.380. The smallest absolute Gasteiger partial charge is 0.251 e. The predicted octanol–water partition coefficient (Wildman–Crippen LogP) is 4.88. The third kappa shape index (κ3) is 4.11. The van der Waals surface area contributed by atoms with Crippen molar-refractivity contribution in [3.05, 3.63) is 71.2 Å². The number of fused-ring (bicyclic) bond motifs is 1. The van der Waals surface area contributed by atoms with Crippen molar-refractivity contribution in [3.8, 4) is 22.9 Å². The van der Waals surface area contributed by atoms with E-state index < -0.39 is 0 Å². The van der Waals surface area contributed by atoms with Crippen LogP contribution in [0.3, 0.4) is 0 Å². The molecule has 1 fully saturated rings. The van der Waals surface area contributed by atoms with Crippen molar-refractivity contribution in [1.29, 1.82) is 0 Å². The van der Waals surface area contributed by atoms with E-state index in [4.69, 9.17) is 4.74 Å². The molecule has 2 aromatic carbocycles. The molecule has 0 radical (unpaired) electrons. The number of rotatable bonds is 6.